The minimum Gasteiger partial charge on any atom is -0.462 e. The second-order valence-electron chi connectivity index (χ2n) is 21.7. The first kappa shape index (κ1) is 56.3. The summed E-state index contributed by atoms with van der Waals surface area (Å²) in [5.74, 6) is -0.973. The van der Waals surface area contributed by atoms with Gasteiger partial charge < -0.3 is 42.6 Å². The van der Waals surface area contributed by atoms with Crippen LogP contribution in [0.25, 0.3) is 0 Å². The minimum atomic E-state index is -0.819. The van der Waals surface area contributed by atoms with Crippen LogP contribution in [-0.4, -0.2) is 110 Å². The highest BCUT2D eigenvalue weighted by Gasteiger charge is 2.49. The van der Waals surface area contributed by atoms with Crippen LogP contribution >= 0.6 is 0 Å². The number of rotatable bonds is 47. The molecule has 0 saturated carbocycles. The third-order valence-electron chi connectivity index (χ3n) is 15.5. The Labute approximate surface area is 418 Å². The van der Waals surface area contributed by atoms with Gasteiger partial charge in [0.05, 0.1) is 86.6 Å². The molecule has 0 N–H and O–H groups in total. The lowest BCUT2D eigenvalue weighted by molar-refractivity contribution is -0.167. The van der Waals surface area contributed by atoms with Gasteiger partial charge in [0, 0.05) is 38.5 Å². The molecule has 69 heavy (non-hydrogen) atoms. The van der Waals surface area contributed by atoms with Gasteiger partial charge in [-0.1, -0.05) is 129 Å². The quantitative estimate of drug-likeness (QED) is 0.0187. The third kappa shape index (κ3) is 24.5. The molecule has 0 aromatic rings. The van der Waals surface area contributed by atoms with Crippen LogP contribution in [0.1, 0.15) is 245 Å². The van der Waals surface area contributed by atoms with E-state index in [9.17, 15) is 14.4 Å². The maximum atomic E-state index is 12.9. The molecule has 0 spiro atoms. The van der Waals surface area contributed by atoms with Crippen LogP contribution in [0.5, 0.6) is 0 Å². The molecule has 0 radical (unpaired) electrons. The van der Waals surface area contributed by atoms with Crippen molar-refractivity contribution in [3.63, 3.8) is 0 Å². The van der Waals surface area contributed by atoms with Crippen LogP contribution in [0.15, 0.2) is 0 Å². The zero-order valence-corrected chi connectivity index (χ0v) is 43.5. The molecule has 0 aromatic heterocycles. The minimum absolute atomic E-state index is 0.112. The van der Waals surface area contributed by atoms with E-state index < -0.39 is 6.10 Å². The van der Waals surface area contributed by atoms with Crippen LogP contribution in [0.2, 0.25) is 0 Å². The average Bonchev–Trinajstić information content (AvgIpc) is 4.08. The van der Waals surface area contributed by atoms with Gasteiger partial charge in [-0.05, 0) is 70.6 Å². The number of hydrogen-bond donors (Lipinski definition) is 0. The monoisotopic (exact) mass is 974 g/mol. The molecule has 0 bridgehead atoms. The Morgan fingerprint density at radius 1 is 0.362 bits per heavy atom. The fourth-order valence-electron chi connectivity index (χ4n) is 10.6. The van der Waals surface area contributed by atoms with Gasteiger partial charge in [0.15, 0.2) is 6.10 Å². The van der Waals surface area contributed by atoms with E-state index in [0.717, 1.165) is 148 Å². The molecular weight excluding hydrogens is 877 g/mol. The lowest BCUT2D eigenvalue weighted by Gasteiger charge is -2.18. The second-order valence-corrected chi connectivity index (χ2v) is 21.7. The van der Waals surface area contributed by atoms with Gasteiger partial charge in [-0.25, -0.2) is 0 Å². The number of ether oxygens (including phenoxy) is 9. The molecule has 12 atom stereocenters. The highest BCUT2D eigenvalue weighted by atomic mass is 16.6. The maximum Gasteiger partial charge on any atom is 0.306 e. The number of carbonyl (C=O) groups is 3. The Morgan fingerprint density at radius 3 is 0.957 bits per heavy atom. The standard InChI is InChI=1S/C57H97O12/c1-4-7-19-28-43-49(64-43)37-52-46(67-52)31-22-13-10-16-25-34-55(58)61-40-42(63-57(60)36-27-18-12-15-24-33-48-54(69-48)39-51-45(66-51)30-21-9-6-3)41-62-56(59)35-26-17-11-14-23-32-47-53(68-47)38-50-44(65-50)29-20-8-5-2/h42-54H,3-41H2,1-2H3/q+1. The Bertz CT molecular complexity index is 1360. The highest BCUT2D eigenvalue weighted by Crippen LogP contribution is 2.41. The van der Waals surface area contributed by atoms with Crippen molar-refractivity contribution in [2.45, 2.75) is 324 Å². The summed E-state index contributed by atoms with van der Waals surface area (Å²) in [6.07, 6.45) is 41.0. The largest absolute Gasteiger partial charge is 0.462 e. The van der Waals surface area contributed by atoms with E-state index in [1.54, 1.807) is 0 Å². The number of esters is 3. The molecule has 6 heterocycles. The molecule has 0 amide bonds. The van der Waals surface area contributed by atoms with Crippen molar-refractivity contribution in [3.8, 4) is 0 Å². The average molecular weight is 974 g/mol. The molecule has 6 fully saturated rings. The summed E-state index contributed by atoms with van der Waals surface area (Å²) in [4.78, 5) is 38.4. The van der Waals surface area contributed by atoms with E-state index in [4.69, 9.17) is 42.6 Å². The lowest BCUT2D eigenvalue weighted by Crippen LogP contribution is -2.30. The van der Waals surface area contributed by atoms with E-state index in [2.05, 4.69) is 20.8 Å². The Kier molecular flexibility index (Phi) is 26.3. The van der Waals surface area contributed by atoms with E-state index in [1.807, 2.05) is 0 Å². The smallest absolute Gasteiger partial charge is 0.306 e. The van der Waals surface area contributed by atoms with E-state index in [0.29, 0.717) is 86.1 Å². The molecule has 12 nitrogen and oxygen atoms in total. The summed E-state index contributed by atoms with van der Waals surface area (Å²) in [6.45, 7) is 8.17. The first-order chi connectivity index (χ1) is 33.8. The second kappa shape index (κ2) is 32.3. The summed E-state index contributed by atoms with van der Waals surface area (Å²) in [5.41, 5.74) is 0. The van der Waals surface area contributed by atoms with Gasteiger partial charge in [-0.15, -0.1) is 0 Å². The molecule has 396 valence electrons. The maximum absolute atomic E-state index is 12.9. The van der Waals surface area contributed by atoms with Crippen LogP contribution in [-0.2, 0) is 57.0 Å². The SMILES string of the molecule is [CH2+]CCCCC1OC1CC1OC1CCCCCCCC(=O)OC(COC(=O)CCCCCCCC1OC1CC1OC1CCCCC)COC(=O)CCCCCCCC1OC1CC1OC1CCCCC. The molecule has 0 aliphatic carbocycles. The van der Waals surface area contributed by atoms with E-state index in [1.165, 1.54) is 64.2 Å². The first-order valence-electron chi connectivity index (χ1n) is 29.1. The topological polar surface area (TPSA) is 154 Å². The first-order valence-corrected chi connectivity index (χ1v) is 29.1. The van der Waals surface area contributed by atoms with Gasteiger partial charge >= 0.3 is 17.9 Å². The van der Waals surface area contributed by atoms with Gasteiger partial charge in [0.25, 0.3) is 0 Å². The zero-order valence-electron chi connectivity index (χ0n) is 43.5. The van der Waals surface area contributed by atoms with Crippen LogP contribution < -0.4 is 0 Å². The van der Waals surface area contributed by atoms with Crippen molar-refractivity contribution >= 4 is 17.9 Å². The fraction of sp³-hybridized carbons (Fsp3) is 0.930. The predicted octanol–water partition coefficient (Wildman–Crippen LogP) is 12.5. The summed E-state index contributed by atoms with van der Waals surface area (Å²) in [7, 11) is 0. The van der Waals surface area contributed by atoms with Crippen molar-refractivity contribution in [1.82, 2.24) is 0 Å². The number of hydrogen-bond acceptors (Lipinski definition) is 12. The van der Waals surface area contributed by atoms with Crippen molar-refractivity contribution < 1.29 is 57.0 Å². The molecular formula is C57H97O12+. The van der Waals surface area contributed by atoms with Crippen molar-refractivity contribution in [2.75, 3.05) is 13.2 Å². The van der Waals surface area contributed by atoms with Crippen molar-refractivity contribution in [3.05, 3.63) is 6.92 Å². The molecule has 6 aliphatic rings. The third-order valence-corrected chi connectivity index (χ3v) is 15.5. The molecule has 12 heteroatoms. The Balaban J connectivity index is 0.766. The molecule has 6 aliphatic heterocycles. The van der Waals surface area contributed by atoms with Crippen LogP contribution in [0.3, 0.4) is 0 Å². The van der Waals surface area contributed by atoms with Crippen LogP contribution in [0, 0.1) is 6.92 Å². The Morgan fingerprint density at radius 2 is 0.638 bits per heavy atom. The van der Waals surface area contributed by atoms with Crippen molar-refractivity contribution in [1.29, 1.82) is 0 Å². The molecule has 12 unspecified atom stereocenters. The molecule has 0 aromatic carbocycles. The normalized spacial score (nSPS) is 29.6. The summed E-state index contributed by atoms with van der Waals surface area (Å²) < 4.78 is 52.2. The number of carbonyl (C=O) groups excluding carboxylic acids is 3. The van der Waals surface area contributed by atoms with Gasteiger partial charge in [-0.3, -0.25) is 14.4 Å². The van der Waals surface area contributed by atoms with Gasteiger partial charge in [0.1, 0.15) is 13.2 Å². The number of unbranched alkanes of at least 4 members (excludes halogenated alkanes) is 18. The number of epoxide rings is 6. The van der Waals surface area contributed by atoms with E-state index >= 15 is 0 Å². The lowest BCUT2D eigenvalue weighted by atomic mass is 10.0. The summed E-state index contributed by atoms with van der Waals surface area (Å²) in [6, 6.07) is 0. The zero-order chi connectivity index (χ0) is 48.5. The van der Waals surface area contributed by atoms with E-state index in [-0.39, 0.29) is 37.5 Å². The van der Waals surface area contributed by atoms with Crippen molar-refractivity contribution in [2.24, 2.45) is 0 Å². The van der Waals surface area contributed by atoms with Gasteiger partial charge in [-0.2, -0.15) is 0 Å². The predicted molar refractivity (Wildman–Crippen MR) is 267 cm³/mol. The summed E-state index contributed by atoms with van der Waals surface area (Å²) in [5, 5.41) is 0. The highest BCUT2D eigenvalue weighted by molar-refractivity contribution is 5.71. The molecule has 6 saturated heterocycles. The van der Waals surface area contributed by atoms with Gasteiger partial charge in [0.2, 0.25) is 0 Å². The Hall–Kier alpha value is -1.96. The summed E-state index contributed by atoms with van der Waals surface area (Å²) >= 11 is 0. The fourth-order valence-corrected chi connectivity index (χ4v) is 10.6. The van der Waals surface area contributed by atoms with Crippen LogP contribution in [0.4, 0.5) is 0 Å². The molecule has 6 rings (SSSR count).